The first-order valence-corrected chi connectivity index (χ1v) is 6.48. The lowest BCUT2D eigenvalue weighted by atomic mass is 9.67. The van der Waals surface area contributed by atoms with Crippen LogP contribution < -0.4 is 0 Å². The van der Waals surface area contributed by atoms with E-state index in [1.54, 1.807) is 16.7 Å². The van der Waals surface area contributed by atoms with Crippen molar-refractivity contribution in [3.8, 4) is 0 Å². The van der Waals surface area contributed by atoms with Crippen molar-refractivity contribution >= 4 is 0 Å². The van der Waals surface area contributed by atoms with Gasteiger partial charge in [-0.05, 0) is 42.1 Å². The number of hydrogen-bond donors (Lipinski definition) is 0. The van der Waals surface area contributed by atoms with Gasteiger partial charge in [-0.15, -0.1) is 0 Å². The van der Waals surface area contributed by atoms with E-state index >= 15 is 0 Å². The van der Waals surface area contributed by atoms with Crippen molar-refractivity contribution in [1.29, 1.82) is 0 Å². The third kappa shape index (κ3) is 1.58. The van der Waals surface area contributed by atoms with E-state index in [9.17, 15) is 0 Å². The lowest BCUT2D eigenvalue weighted by Gasteiger charge is -2.38. The Morgan fingerprint density at radius 1 is 1.07 bits per heavy atom. The average molecular weight is 204 g/mol. The highest BCUT2D eigenvalue weighted by Gasteiger charge is 2.36. The highest BCUT2D eigenvalue weighted by Crippen LogP contribution is 2.48. The molecule has 0 radical (unpaired) electrons. The van der Waals surface area contributed by atoms with Gasteiger partial charge in [-0.3, -0.25) is 0 Å². The second-order valence-corrected chi connectivity index (χ2v) is 5.61. The van der Waals surface area contributed by atoms with Crippen LogP contribution in [0.5, 0.6) is 0 Å². The van der Waals surface area contributed by atoms with Crippen LogP contribution in [0.2, 0.25) is 0 Å². The Morgan fingerprint density at radius 3 is 2.27 bits per heavy atom. The Hall–Kier alpha value is -0.520. The molecule has 2 rings (SSSR count). The van der Waals surface area contributed by atoms with Gasteiger partial charge in [-0.25, -0.2) is 0 Å². The zero-order valence-electron chi connectivity index (χ0n) is 10.8. The van der Waals surface area contributed by atoms with Crippen LogP contribution in [0, 0.1) is 23.7 Å². The first kappa shape index (κ1) is 11.0. The number of rotatable bonds is 1. The molecule has 2 aliphatic rings. The predicted molar refractivity (Wildman–Crippen MR) is 66.7 cm³/mol. The quantitative estimate of drug-likeness (QED) is 0.586. The molecule has 0 heterocycles. The van der Waals surface area contributed by atoms with Crippen LogP contribution in [0.4, 0.5) is 0 Å². The highest BCUT2D eigenvalue weighted by atomic mass is 14.4. The van der Waals surface area contributed by atoms with Gasteiger partial charge in [0.25, 0.3) is 0 Å². The molecule has 0 N–H and O–H groups in total. The molecule has 0 amide bonds. The zero-order chi connectivity index (χ0) is 11.2. The van der Waals surface area contributed by atoms with Crippen molar-refractivity contribution in [2.75, 3.05) is 0 Å². The first-order chi connectivity index (χ1) is 7.06. The molecule has 0 spiro atoms. The Kier molecular flexibility index (Phi) is 2.79. The summed E-state index contributed by atoms with van der Waals surface area (Å²) in [6.07, 6.45) is 5.00. The zero-order valence-corrected chi connectivity index (χ0v) is 10.8. The number of allylic oxidation sites excluding steroid dienone is 4. The molecule has 0 fully saturated rings. The van der Waals surface area contributed by atoms with Crippen LogP contribution in [0.25, 0.3) is 0 Å². The lowest BCUT2D eigenvalue weighted by Crippen LogP contribution is -2.29. The van der Waals surface area contributed by atoms with Crippen LogP contribution in [-0.2, 0) is 0 Å². The van der Waals surface area contributed by atoms with Gasteiger partial charge < -0.3 is 0 Å². The molecule has 0 nitrogen and oxygen atoms in total. The topological polar surface area (TPSA) is 0 Å². The fourth-order valence-electron chi connectivity index (χ4n) is 3.30. The molecular formula is C15H24. The van der Waals surface area contributed by atoms with Gasteiger partial charge in [0, 0.05) is 0 Å². The van der Waals surface area contributed by atoms with Gasteiger partial charge >= 0.3 is 0 Å². The maximum Gasteiger partial charge on any atom is -0.00966 e. The van der Waals surface area contributed by atoms with Crippen LogP contribution >= 0.6 is 0 Å². The summed E-state index contributed by atoms with van der Waals surface area (Å²) in [7, 11) is 0. The molecular weight excluding hydrogens is 180 g/mol. The third-order valence-electron chi connectivity index (χ3n) is 5.05. The van der Waals surface area contributed by atoms with Crippen molar-refractivity contribution in [1.82, 2.24) is 0 Å². The molecule has 0 aromatic carbocycles. The summed E-state index contributed by atoms with van der Waals surface area (Å²) in [5.41, 5.74) is 5.09. The second kappa shape index (κ2) is 3.81. The largest absolute Gasteiger partial charge is 0.0661 e. The summed E-state index contributed by atoms with van der Waals surface area (Å²) in [5.74, 6) is 3.26. The maximum absolute atomic E-state index is 2.50. The van der Waals surface area contributed by atoms with Crippen molar-refractivity contribution in [2.45, 2.75) is 47.5 Å². The minimum atomic E-state index is 0.773. The summed E-state index contributed by atoms with van der Waals surface area (Å²) >= 11 is 0. The van der Waals surface area contributed by atoms with Gasteiger partial charge in [-0.1, -0.05) is 51.8 Å². The summed E-state index contributed by atoms with van der Waals surface area (Å²) in [5, 5.41) is 0. The monoisotopic (exact) mass is 204 g/mol. The Labute approximate surface area is 94.5 Å². The maximum atomic E-state index is 2.50. The SMILES string of the molecule is CCC1=CC2=C(C1)C(C)C(C)C(C)C2C. The van der Waals surface area contributed by atoms with E-state index in [0.29, 0.717) is 0 Å². The van der Waals surface area contributed by atoms with Crippen LogP contribution in [0.1, 0.15) is 47.5 Å². The minimum Gasteiger partial charge on any atom is -0.0661 e. The van der Waals surface area contributed by atoms with Crippen molar-refractivity contribution in [2.24, 2.45) is 23.7 Å². The van der Waals surface area contributed by atoms with Crippen LogP contribution in [0.3, 0.4) is 0 Å². The minimum absolute atomic E-state index is 0.773. The molecule has 84 valence electrons. The Morgan fingerprint density at radius 2 is 1.67 bits per heavy atom. The molecule has 0 bridgehead atoms. The summed E-state index contributed by atoms with van der Waals surface area (Å²) < 4.78 is 0. The van der Waals surface area contributed by atoms with Gasteiger partial charge in [0.1, 0.15) is 0 Å². The fraction of sp³-hybridized carbons (Fsp3) is 0.733. The second-order valence-electron chi connectivity index (χ2n) is 5.61. The molecule has 0 heteroatoms. The van der Waals surface area contributed by atoms with E-state index in [1.807, 2.05) is 0 Å². The van der Waals surface area contributed by atoms with E-state index in [1.165, 1.54) is 12.8 Å². The molecule has 0 saturated carbocycles. The van der Waals surface area contributed by atoms with Crippen molar-refractivity contribution < 1.29 is 0 Å². The molecule has 4 unspecified atom stereocenters. The highest BCUT2D eigenvalue weighted by molar-refractivity contribution is 5.43. The molecule has 0 aliphatic heterocycles. The van der Waals surface area contributed by atoms with Gasteiger partial charge in [0.15, 0.2) is 0 Å². The van der Waals surface area contributed by atoms with Crippen LogP contribution in [0.15, 0.2) is 22.8 Å². The Bertz CT molecular complexity index is 319. The molecule has 2 aliphatic carbocycles. The summed E-state index contributed by atoms with van der Waals surface area (Å²) in [6.45, 7) is 12.0. The standard InChI is InChI=1S/C15H24/c1-6-13-7-14-11(4)9(2)10(3)12(5)15(14)8-13/h7,9-12H,6,8H2,1-5H3. The average Bonchev–Trinajstić information content (AvgIpc) is 2.67. The summed E-state index contributed by atoms with van der Waals surface area (Å²) in [6, 6.07) is 0. The predicted octanol–water partition coefficient (Wildman–Crippen LogP) is 4.58. The van der Waals surface area contributed by atoms with Crippen LogP contribution in [-0.4, -0.2) is 0 Å². The smallest absolute Gasteiger partial charge is 0.00966 e. The molecule has 15 heavy (non-hydrogen) atoms. The third-order valence-corrected chi connectivity index (χ3v) is 5.05. The van der Waals surface area contributed by atoms with Gasteiger partial charge in [-0.2, -0.15) is 0 Å². The summed E-state index contributed by atoms with van der Waals surface area (Å²) in [4.78, 5) is 0. The van der Waals surface area contributed by atoms with E-state index in [4.69, 9.17) is 0 Å². The Balaban J connectivity index is 2.33. The molecule has 0 saturated heterocycles. The van der Waals surface area contributed by atoms with E-state index < -0.39 is 0 Å². The molecule has 0 aromatic heterocycles. The molecule has 4 atom stereocenters. The van der Waals surface area contributed by atoms with E-state index in [0.717, 1.165) is 23.7 Å². The van der Waals surface area contributed by atoms with Crippen molar-refractivity contribution in [3.63, 3.8) is 0 Å². The van der Waals surface area contributed by atoms with Gasteiger partial charge in [0.05, 0.1) is 0 Å². The van der Waals surface area contributed by atoms with Gasteiger partial charge in [0.2, 0.25) is 0 Å². The first-order valence-electron chi connectivity index (χ1n) is 6.48. The van der Waals surface area contributed by atoms with E-state index in [-0.39, 0.29) is 0 Å². The van der Waals surface area contributed by atoms with E-state index in [2.05, 4.69) is 40.7 Å². The number of hydrogen-bond acceptors (Lipinski definition) is 0. The lowest BCUT2D eigenvalue weighted by molar-refractivity contribution is 0.230. The molecule has 0 aromatic rings. The normalized spacial score (nSPS) is 40.5. The fourth-order valence-corrected chi connectivity index (χ4v) is 3.30. The van der Waals surface area contributed by atoms with Crippen molar-refractivity contribution in [3.05, 3.63) is 22.8 Å².